The lowest BCUT2D eigenvalue weighted by atomic mass is 10.1. The SMILES string of the molecule is COc1cc(F)ccc1C1CC1C(=O)N(C)OC. The Hall–Kier alpha value is -1.62. The maximum absolute atomic E-state index is 13.1. The van der Waals surface area contributed by atoms with Gasteiger partial charge in [0.25, 0.3) is 0 Å². The van der Waals surface area contributed by atoms with Gasteiger partial charge in [-0.15, -0.1) is 0 Å². The molecule has 0 saturated heterocycles. The van der Waals surface area contributed by atoms with E-state index in [1.807, 2.05) is 0 Å². The molecule has 1 aromatic carbocycles. The summed E-state index contributed by atoms with van der Waals surface area (Å²) in [6.07, 6.45) is 0.745. The van der Waals surface area contributed by atoms with Crippen LogP contribution in [0.1, 0.15) is 17.9 Å². The highest BCUT2D eigenvalue weighted by Crippen LogP contribution is 2.51. The molecule has 0 aliphatic heterocycles. The summed E-state index contributed by atoms with van der Waals surface area (Å²) < 4.78 is 18.2. The summed E-state index contributed by atoms with van der Waals surface area (Å²) in [7, 11) is 4.53. The molecule has 0 spiro atoms. The van der Waals surface area contributed by atoms with Gasteiger partial charge in [0.2, 0.25) is 5.91 Å². The van der Waals surface area contributed by atoms with Crippen molar-refractivity contribution in [2.45, 2.75) is 12.3 Å². The van der Waals surface area contributed by atoms with Crippen LogP contribution in [0.15, 0.2) is 18.2 Å². The minimum atomic E-state index is -0.340. The molecule has 1 saturated carbocycles. The van der Waals surface area contributed by atoms with Crippen LogP contribution >= 0.6 is 0 Å². The molecule has 1 aliphatic carbocycles. The van der Waals surface area contributed by atoms with E-state index in [0.717, 1.165) is 12.0 Å². The van der Waals surface area contributed by atoms with Gasteiger partial charge in [-0.3, -0.25) is 9.63 Å². The van der Waals surface area contributed by atoms with Crippen molar-refractivity contribution in [2.24, 2.45) is 5.92 Å². The van der Waals surface area contributed by atoms with Crippen LogP contribution in [0.4, 0.5) is 4.39 Å². The summed E-state index contributed by atoms with van der Waals surface area (Å²) in [4.78, 5) is 16.7. The third-order valence-electron chi connectivity index (χ3n) is 3.29. The minimum Gasteiger partial charge on any atom is -0.496 e. The van der Waals surface area contributed by atoms with Gasteiger partial charge in [-0.2, -0.15) is 0 Å². The highest BCUT2D eigenvalue weighted by atomic mass is 19.1. The van der Waals surface area contributed by atoms with Gasteiger partial charge in [-0.05, 0) is 24.0 Å². The summed E-state index contributed by atoms with van der Waals surface area (Å²) in [5, 5.41) is 1.22. The second-order valence-corrected chi connectivity index (χ2v) is 4.35. The number of nitrogens with zero attached hydrogens (tertiary/aromatic N) is 1. The van der Waals surface area contributed by atoms with E-state index in [1.54, 1.807) is 13.1 Å². The molecule has 0 heterocycles. The second kappa shape index (κ2) is 4.94. The first kappa shape index (κ1) is 12.8. The largest absolute Gasteiger partial charge is 0.496 e. The molecule has 1 amide bonds. The summed E-state index contributed by atoms with van der Waals surface area (Å²) in [6.45, 7) is 0. The molecule has 1 fully saturated rings. The predicted octanol–water partition coefficient (Wildman–Crippen LogP) is 1.96. The van der Waals surface area contributed by atoms with Crippen LogP contribution in [0.5, 0.6) is 5.75 Å². The zero-order valence-corrected chi connectivity index (χ0v) is 10.6. The minimum absolute atomic E-state index is 0.0612. The molecule has 2 unspecified atom stereocenters. The second-order valence-electron chi connectivity index (χ2n) is 4.35. The number of carbonyl (C=O) groups is 1. The van der Waals surface area contributed by atoms with Crippen LogP contribution in [0.2, 0.25) is 0 Å². The van der Waals surface area contributed by atoms with Crippen molar-refractivity contribution in [2.75, 3.05) is 21.3 Å². The molecule has 1 aliphatic rings. The van der Waals surface area contributed by atoms with E-state index in [4.69, 9.17) is 9.57 Å². The molecule has 18 heavy (non-hydrogen) atoms. The van der Waals surface area contributed by atoms with E-state index in [2.05, 4.69) is 0 Å². The van der Waals surface area contributed by atoms with Crippen LogP contribution in [0.3, 0.4) is 0 Å². The Balaban J connectivity index is 2.14. The van der Waals surface area contributed by atoms with Crippen molar-refractivity contribution in [1.82, 2.24) is 5.06 Å². The van der Waals surface area contributed by atoms with Gasteiger partial charge >= 0.3 is 0 Å². The number of ether oxygens (including phenoxy) is 1. The molecule has 2 rings (SSSR count). The quantitative estimate of drug-likeness (QED) is 0.770. The number of halogens is 1. The van der Waals surface area contributed by atoms with Crippen LogP contribution in [-0.4, -0.2) is 32.2 Å². The molecular weight excluding hydrogens is 237 g/mol. The van der Waals surface area contributed by atoms with E-state index in [9.17, 15) is 9.18 Å². The first-order valence-electron chi connectivity index (χ1n) is 5.73. The smallest absolute Gasteiger partial charge is 0.249 e. The number of hydroxylamine groups is 2. The van der Waals surface area contributed by atoms with Gasteiger partial charge in [-0.1, -0.05) is 6.07 Å². The summed E-state index contributed by atoms with van der Waals surface area (Å²) in [5.74, 6) is 0.0809. The maximum atomic E-state index is 13.1. The van der Waals surface area contributed by atoms with Gasteiger partial charge in [0.1, 0.15) is 11.6 Å². The van der Waals surface area contributed by atoms with E-state index >= 15 is 0 Å². The lowest BCUT2D eigenvalue weighted by Gasteiger charge is -2.14. The molecule has 5 heteroatoms. The van der Waals surface area contributed by atoms with E-state index in [-0.39, 0.29) is 23.6 Å². The maximum Gasteiger partial charge on any atom is 0.249 e. The molecule has 98 valence electrons. The fourth-order valence-corrected chi connectivity index (χ4v) is 2.13. The topological polar surface area (TPSA) is 38.8 Å². The fourth-order valence-electron chi connectivity index (χ4n) is 2.13. The number of hydrogen-bond donors (Lipinski definition) is 0. The Bertz CT molecular complexity index is 464. The molecule has 0 N–H and O–H groups in total. The third kappa shape index (κ3) is 2.31. The van der Waals surface area contributed by atoms with Crippen molar-refractivity contribution in [3.63, 3.8) is 0 Å². The van der Waals surface area contributed by atoms with E-state index in [0.29, 0.717) is 5.75 Å². The number of carbonyl (C=O) groups excluding carboxylic acids is 1. The molecule has 0 radical (unpaired) electrons. The molecular formula is C13H16FNO3. The molecule has 2 atom stereocenters. The molecule has 4 nitrogen and oxygen atoms in total. The first-order chi connectivity index (χ1) is 8.58. The van der Waals surface area contributed by atoms with Crippen LogP contribution in [0.25, 0.3) is 0 Å². The molecule has 1 aromatic rings. The Morgan fingerprint density at radius 3 is 2.78 bits per heavy atom. The fraction of sp³-hybridized carbons (Fsp3) is 0.462. The van der Waals surface area contributed by atoms with Gasteiger partial charge in [0.15, 0.2) is 0 Å². The number of rotatable bonds is 4. The molecule has 0 bridgehead atoms. The van der Waals surface area contributed by atoms with E-state index < -0.39 is 0 Å². The highest BCUT2D eigenvalue weighted by molar-refractivity contribution is 5.82. The van der Waals surface area contributed by atoms with Crippen molar-refractivity contribution >= 4 is 5.91 Å². The predicted molar refractivity (Wildman–Crippen MR) is 63.6 cm³/mol. The Kier molecular flexibility index (Phi) is 3.52. The Morgan fingerprint density at radius 2 is 2.17 bits per heavy atom. The summed E-state index contributed by atoms with van der Waals surface area (Å²) in [5.41, 5.74) is 0.877. The van der Waals surface area contributed by atoms with Gasteiger partial charge in [0, 0.05) is 19.0 Å². The molecule has 0 aromatic heterocycles. The average Bonchev–Trinajstić information content (AvgIpc) is 3.16. The Morgan fingerprint density at radius 1 is 1.44 bits per heavy atom. The number of hydrogen-bond acceptors (Lipinski definition) is 3. The zero-order valence-electron chi connectivity index (χ0n) is 10.6. The van der Waals surface area contributed by atoms with E-state index in [1.165, 1.54) is 31.4 Å². The van der Waals surface area contributed by atoms with Crippen LogP contribution < -0.4 is 4.74 Å². The monoisotopic (exact) mass is 253 g/mol. The zero-order chi connectivity index (χ0) is 13.3. The lowest BCUT2D eigenvalue weighted by molar-refractivity contribution is -0.170. The lowest BCUT2D eigenvalue weighted by Crippen LogP contribution is -2.27. The third-order valence-corrected chi connectivity index (χ3v) is 3.29. The highest BCUT2D eigenvalue weighted by Gasteiger charge is 2.46. The Labute approximate surface area is 105 Å². The summed E-state index contributed by atoms with van der Waals surface area (Å²) in [6, 6.07) is 4.41. The number of methoxy groups -OCH3 is 1. The van der Waals surface area contributed by atoms with Crippen molar-refractivity contribution in [1.29, 1.82) is 0 Å². The van der Waals surface area contributed by atoms with Crippen LogP contribution in [-0.2, 0) is 9.63 Å². The normalized spacial score (nSPS) is 21.6. The standard InChI is InChI=1S/C13H16FNO3/c1-15(18-3)13(16)11-7-10(11)9-5-4-8(14)6-12(9)17-2/h4-6,10-11H,7H2,1-3H3. The van der Waals surface area contributed by atoms with Gasteiger partial charge in [0.05, 0.1) is 14.2 Å². The van der Waals surface area contributed by atoms with Gasteiger partial charge in [-0.25, -0.2) is 9.45 Å². The van der Waals surface area contributed by atoms with Crippen molar-refractivity contribution < 1.29 is 18.8 Å². The number of amides is 1. The van der Waals surface area contributed by atoms with Crippen molar-refractivity contribution in [3.05, 3.63) is 29.6 Å². The van der Waals surface area contributed by atoms with Gasteiger partial charge < -0.3 is 4.74 Å². The first-order valence-corrected chi connectivity index (χ1v) is 5.73. The average molecular weight is 253 g/mol. The summed E-state index contributed by atoms with van der Waals surface area (Å²) >= 11 is 0. The number of benzene rings is 1. The van der Waals surface area contributed by atoms with Crippen LogP contribution in [0, 0.1) is 11.7 Å². The van der Waals surface area contributed by atoms with Crippen molar-refractivity contribution in [3.8, 4) is 5.75 Å².